The molecule has 0 aliphatic rings. The van der Waals surface area contributed by atoms with E-state index >= 15 is 0 Å². The summed E-state index contributed by atoms with van der Waals surface area (Å²) in [5, 5.41) is 3.32. The van der Waals surface area contributed by atoms with E-state index in [9.17, 15) is 0 Å². The number of methoxy groups -OCH3 is 2. The van der Waals surface area contributed by atoms with E-state index in [0.717, 1.165) is 51.5 Å². The molecule has 0 unspecified atom stereocenters. The fraction of sp³-hybridized carbons (Fsp3) is 0.600. The van der Waals surface area contributed by atoms with E-state index in [2.05, 4.69) is 17.4 Å². The highest BCUT2D eigenvalue weighted by atomic mass is 16.5. The molecule has 0 aliphatic heterocycles. The van der Waals surface area contributed by atoms with Crippen LogP contribution in [0.1, 0.15) is 18.4 Å². The first-order valence-electron chi connectivity index (χ1n) is 6.77. The highest BCUT2D eigenvalue weighted by Crippen LogP contribution is 2.13. The maximum atomic E-state index is 5.71. The summed E-state index contributed by atoms with van der Waals surface area (Å²) in [5.74, 6) is 0.934. The van der Waals surface area contributed by atoms with Crippen molar-refractivity contribution in [3.63, 3.8) is 0 Å². The molecule has 1 rings (SSSR count). The van der Waals surface area contributed by atoms with Gasteiger partial charge >= 0.3 is 0 Å². The molecule has 1 N–H and O–H groups in total. The van der Waals surface area contributed by atoms with Crippen molar-refractivity contribution in [1.82, 2.24) is 5.32 Å². The zero-order valence-corrected chi connectivity index (χ0v) is 12.0. The molecule has 0 saturated carbocycles. The number of hydrogen-bond acceptors (Lipinski definition) is 4. The minimum Gasteiger partial charge on any atom is -0.494 e. The van der Waals surface area contributed by atoms with E-state index in [4.69, 9.17) is 14.2 Å². The van der Waals surface area contributed by atoms with Crippen molar-refractivity contribution in [3.8, 4) is 5.75 Å². The highest BCUT2D eigenvalue weighted by molar-refractivity contribution is 5.28. The van der Waals surface area contributed by atoms with Gasteiger partial charge in [0.2, 0.25) is 0 Å². The van der Waals surface area contributed by atoms with Gasteiger partial charge in [-0.3, -0.25) is 0 Å². The first kappa shape index (κ1) is 16.0. The van der Waals surface area contributed by atoms with Gasteiger partial charge in [0.25, 0.3) is 0 Å². The quantitative estimate of drug-likeness (QED) is 0.624. The van der Waals surface area contributed by atoms with Crippen LogP contribution in [0.3, 0.4) is 0 Å². The van der Waals surface area contributed by atoms with E-state index in [1.807, 2.05) is 12.1 Å². The van der Waals surface area contributed by atoms with Crippen LogP contribution >= 0.6 is 0 Å². The van der Waals surface area contributed by atoms with Crippen molar-refractivity contribution in [2.45, 2.75) is 19.4 Å². The summed E-state index contributed by atoms with van der Waals surface area (Å²) in [5.41, 5.74) is 1.23. The Kier molecular flexibility index (Phi) is 9.06. The topological polar surface area (TPSA) is 39.7 Å². The highest BCUT2D eigenvalue weighted by Gasteiger charge is 1.97. The molecule has 4 nitrogen and oxygen atoms in total. The largest absolute Gasteiger partial charge is 0.494 e. The molecule has 0 fully saturated rings. The fourth-order valence-electron chi connectivity index (χ4n) is 1.69. The molecule has 0 radical (unpaired) electrons. The minimum absolute atomic E-state index is 0.732. The molecule has 0 atom stereocenters. The Bertz CT molecular complexity index is 331. The number of rotatable bonds is 11. The molecule has 4 heteroatoms. The van der Waals surface area contributed by atoms with Crippen molar-refractivity contribution in [1.29, 1.82) is 0 Å². The van der Waals surface area contributed by atoms with Gasteiger partial charge in [-0.05, 0) is 30.5 Å². The summed E-state index contributed by atoms with van der Waals surface area (Å²) >= 11 is 0. The van der Waals surface area contributed by atoms with E-state index in [1.165, 1.54) is 5.56 Å². The first-order chi connectivity index (χ1) is 9.36. The van der Waals surface area contributed by atoms with Crippen molar-refractivity contribution in [2.75, 3.05) is 40.6 Å². The Balaban J connectivity index is 2.23. The van der Waals surface area contributed by atoms with Crippen LogP contribution in [0.15, 0.2) is 24.3 Å². The van der Waals surface area contributed by atoms with Crippen LogP contribution in [0.25, 0.3) is 0 Å². The van der Waals surface area contributed by atoms with E-state index < -0.39 is 0 Å². The minimum atomic E-state index is 0.732. The van der Waals surface area contributed by atoms with E-state index in [0.29, 0.717) is 0 Å². The molecule has 0 saturated heterocycles. The smallest absolute Gasteiger partial charge is 0.119 e. The predicted molar refractivity (Wildman–Crippen MR) is 76.6 cm³/mol. The normalized spacial score (nSPS) is 10.6. The van der Waals surface area contributed by atoms with Gasteiger partial charge in [-0.2, -0.15) is 0 Å². The molecule has 108 valence electrons. The summed E-state index contributed by atoms with van der Waals surface area (Å²) in [6.45, 7) is 3.97. The summed E-state index contributed by atoms with van der Waals surface area (Å²) in [6.07, 6.45) is 2.05. The third-order valence-corrected chi connectivity index (χ3v) is 2.72. The Morgan fingerprint density at radius 3 is 2.58 bits per heavy atom. The van der Waals surface area contributed by atoms with Crippen molar-refractivity contribution in [2.24, 2.45) is 0 Å². The lowest BCUT2D eigenvalue weighted by atomic mass is 10.2. The molecule has 0 aliphatic carbocycles. The van der Waals surface area contributed by atoms with Crippen LogP contribution in [-0.4, -0.2) is 40.6 Å². The molecular weight excluding hydrogens is 242 g/mol. The monoisotopic (exact) mass is 267 g/mol. The van der Waals surface area contributed by atoms with Crippen molar-refractivity contribution >= 4 is 0 Å². The molecule has 0 heterocycles. The van der Waals surface area contributed by atoms with Crippen LogP contribution < -0.4 is 10.1 Å². The third kappa shape index (κ3) is 7.82. The van der Waals surface area contributed by atoms with Gasteiger partial charge in [-0.25, -0.2) is 0 Å². The number of ether oxygens (including phenoxy) is 3. The van der Waals surface area contributed by atoms with Crippen molar-refractivity contribution < 1.29 is 14.2 Å². The Morgan fingerprint density at radius 2 is 1.79 bits per heavy atom. The second-order valence-electron chi connectivity index (χ2n) is 4.37. The summed E-state index contributed by atoms with van der Waals surface area (Å²) in [7, 11) is 3.43. The van der Waals surface area contributed by atoms with E-state index in [-0.39, 0.29) is 0 Å². The zero-order valence-electron chi connectivity index (χ0n) is 12.0. The van der Waals surface area contributed by atoms with Crippen molar-refractivity contribution in [3.05, 3.63) is 29.8 Å². The lowest BCUT2D eigenvalue weighted by Crippen LogP contribution is -2.18. The van der Waals surface area contributed by atoms with Gasteiger partial charge in [0.1, 0.15) is 5.75 Å². The summed E-state index contributed by atoms with van der Waals surface area (Å²) < 4.78 is 15.7. The van der Waals surface area contributed by atoms with Gasteiger partial charge in [0.05, 0.1) is 13.2 Å². The van der Waals surface area contributed by atoms with Crippen LogP contribution in [0, 0.1) is 0 Å². The molecular formula is C15H25NO3. The molecule has 0 amide bonds. The SMILES string of the molecule is COCCCCOc1cccc(CNCCOC)c1. The number of nitrogens with one attached hydrogen (secondary N) is 1. The average molecular weight is 267 g/mol. The zero-order chi connectivity index (χ0) is 13.8. The molecule has 1 aromatic rings. The summed E-state index contributed by atoms with van der Waals surface area (Å²) in [6, 6.07) is 8.19. The van der Waals surface area contributed by atoms with Gasteiger partial charge in [-0.1, -0.05) is 12.1 Å². The molecule has 0 bridgehead atoms. The van der Waals surface area contributed by atoms with Gasteiger partial charge in [0.15, 0.2) is 0 Å². The lowest BCUT2D eigenvalue weighted by molar-refractivity contribution is 0.184. The van der Waals surface area contributed by atoms with Crippen LogP contribution in [0.5, 0.6) is 5.75 Å². The molecule has 0 aromatic heterocycles. The number of unbranched alkanes of at least 4 members (excludes halogenated alkanes) is 1. The maximum Gasteiger partial charge on any atom is 0.119 e. The molecule has 19 heavy (non-hydrogen) atoms. The van der Waals surface area contributed by atoms with Gasteiger partial charge in [0, 0.05) is 33.9 Å². The number of benzene rings is 1. The predicted octanol–water partition coefficient (Wildman–Crippen LogP) is 2.23. The molecule has 0 spiro atoms. The lowest BCUT2D eigenvalue weighted by Gasteiger charge is -2.09. The average Bonchev–Trinajstić information content (AvgIpc) is 2.44. The molecule has 1 aromatic carbocycles. The second kappa shape index (κ2) is 10.8. The fourth-order valence-corrected chi connectivity index (χ4v) is 1.69. The standard InChI is InChI=1S/C15H25NO3/c1-17-9-3-4-10-19-15-7-5-6-14(12-15)13-16-8-11-18-2/h5-7,12,16H,3-4,8-11,13H2,1-2H3. The maximum absolute atomic E-state index is 5.71. The summed E-state index contributed by atoms with van der Waals surface area (Å²) in [4.78, 5) is 0. The second-order valence-corrected chi connectivity index (χ2v) is 4.37. The first-order valence-corrected chi connectivity index (χ1v) is 6.77. The van der Waals surface area contributed by atoms with Crippen LogP contribution in [0.2, 0.25) is 0 Å². The third-order valence-electron chi connectivity index (χ3n) is 2.72. The Labute approximate surface area is 116 Å². The Hall–Kier alpha value is -1.10. The van der Waals surface area contributed by atoms with Gasteiger partial charge in [-0.15, -0.1) is 0 Å². The Morgan fingerprint density at radius 1 is 1.00 bits per heavy atom. The van der Waals surface area contributed by atoms with Crippen LogP contribution in [-0.2, 0) is 16.0 Å². The van der Waals surface area contributed by atoms with E-state index in [1.54, 1.807) is 14.2 Å². The van der Waals surface area contributed by atoms with Crippen LogP contribution in [0.4, 0.5) is 0 Å². The number of hydrogen-bond donors (Lipinski definition) is 1. The van der Waals surface area contributed by atoms with Gasteiger partial charge < -0.3 is 19.5 Å².